The Bertz CT molecular complexity index is 79.7. The topological polar surface area (TPSA) is 38.0 Å². The SMILES string of the molecule is NNCC1CCCCSC1. The van der Waals surface area contributed by atoms with Gasteiger partial charge in [-0.3, -0.25) is 11.3 Å². The molecule has 3 N–H and O–H groups in total. The van der Waals surface area contributed by atoms with Crippen molar-refractivity contribution in [3.05, 3.63) is 0 Å². The lowest BCUT2D eigenvalue weighted by Crippen LogP contribution is -2.29. The largest absolute Gasteiger partial charge is 0.271 e. The summed E-state index contributed by atoms with van der Waals surface area (Å²) in [6, 6.07) is 0. The van der Waals surface area contributed by atoms with Crippen molar-refractivity contribution < 1.29 is 0 Å². The predicted molar refractivity (Wildman–Crippen MR) is 46.9 cm³/mol. The first-order chi connectivity index (χ1) is 4.93. The third kappa shape index (κ3) is 2.90. The van der Waals surface area contributed by atoms with E-state index in [1.54, 1.807) is 0 Å². The van der Waals surface area contributed by atoms with Gasteiger partial charge in [0.05, 0.1) is 0 Å². The normalized spacial score (nSPS) is 27.9. The minimum absolute atomic E-state index is 0.817. The lowest BCUT2D eigenvalue weighted by atomic mass is 10.1. The number of hydrogen-bond acceptors (Lipinski definition) is 3. The Kier molecular flexibility index (Phi) is 4.18. The van der Waals surface area contributed by atoms with E-state index in [1.165, 1.54) is 30.8 Å². The van der Waals surface area contributed by atoms with Crippen LogP contribution in [-0.2, 0) is 0 Å². The van der Waals surface area contributed by atoms with E-state index in [0.717, 1.165) is 12.5 Å². The van der Waals surface area contributed by atoms with Crippen LogP contribution in [0.15, 0.2) is 0 Å². The highest BCUT2D eigenvalue weighted by atomic mass is 32.2. The van der Waals surface area contributed by atoms with E-state index in [1.807, 2.05) is 0 Å². The van der Waals surface area contributed by atoms with Crippen molar-refractivity contribution in [1.82, 2.24) is 5.43 Å². The molecule has 1 fully saturated rings. The summed E-state index contributed by atoms with van der Waals surface area (Å²) >= 11 is 2.07. The van der Waals surface area contributed by atoms with Crippen molar-refractivity contribution in [3.63, 3.8) is 0 Å². The smallest absolute Gasteiger partial charge is 0.0134 e. The molecule has 1 aliphatic heterocycles. The molecule has 0 aromatic carbocycles. The quantitative estimate of drug-likeness (QED) is 0.467. The second-order valence-corrected chi connectivity index (χ2v) is 3.99. The molecule has 0 saturated carbocycles. The molecular formula is C7H16N2S. The van der Waals surface area contributed by atoms with Crippen LogP contribution in [0.4, 0.5) is 0 Å². The Morgan fingerprint density at radius 1 is 1.50 bits per heavy atom. The van der Waals surface area contributed by atoms with Gasteiger partial charge in [0.1, 0.15) is 0 Å². The molecule has 60 valence electrons. The summed E-state index contributed by atoms with van der Waals surface area (Å²) in [6.07, 6.45) is 4.14. The van der Waals surface area contributed by atoms with Gasteiger partial charge in [-0.25, -0.2) is 0 Å². The van der Waals surface area contributed by atoms with Crippen LogP contribution in [0.5, 0.6) is 0 Å². The Hall–Kier alpha value is 0.270. The zero-order chi connectivity index (χ0) is 7.23. The minimum Gasteiger partial charge on any atom is -0.271 e. The molecule has 1 unspecified atom stereocenters. The van der Waals surface area contributed by atoms with Crippen molar-refractivity contribution >= 4 is 11.8 Å². The van der Waals surface area contributed by atoms with Crippen LogP contribution in [0.3, 0.4) is 0 Å². The van der Waals surface area contributed by atoms with Crippen LogP contribution in [0.25, 0.3) is 0 Å². The predicted octanol–water partition coefficient (Wildman–Crippen LogP) is 0.983. The molecule has 0 aromatic heterocycles. The van der Waals surface area contributed by atoms with Crippen LogP contribution in [0, 0.1) is 5.92 Å². The molecule has 0 bridgehead atoms. The van der Waals surface area contributed by atoms with Crippen molar-refractivity contribution in [1.29, 1.82) is 0 Å². The Morgan fingerprint density at radius 2 is 2.40 bits per heavy atom. The molecule has 0 radical (unpaired) electrons. The molecule has 0 aromatic rings. The van der Waals surface area contributed by atoms with Gasteiger partial charge in [-0.15, -0.1) is 0 Å². The van der Waals surface area contributed by atoms with Gasteiger partial charge in [0.25, 0.3) is 0 Å². The summed E-state index contributed by atoms with van der Waals surface area (Å²) in [5.41, 5.74) is 2.75. The lowest BCUT2D eigenvalue weighted by molar-refractivity contribution is 0.485. The lowest BCUT2D eigenvalue weighted by Gasteiger charge is -2.11. The van der Waals surface area contributed by atoms with Crippen molar-refractivity contribution in [3.8, 4) is 0 Å². The van der Waals surface area contributed by atoms with E-state index in [-0.39, 0.29) is 0 Å². The van der Waals surface area contributed by atoms with Gasteiger partial charge in [0, 0.05) is 6.54 Å². The van der Waals surface area contributed by atoms with Gasteiger partial charge in [0.15, 0.2) is 0 Å². The van der Waals surface area contributed by atoms with Gasteiger partial charge in [-0.05, 0) is 30.3 Å². The van der Waals surface area contributed by atoms with Crippen molar-refractivity contribution in [2.75, 3.05) is 18.1 Å². The summed E-state index contributed by atoms with van der Waals surface area (Å²) in [5, 5.41) is 0. The van der Waals surface area contributed by atoms with Crippen LogP contribution in [0.2, 0.25) is 0 Å². The molecule has 10 heavy (non-hydrogen) atoms. The first-order valence-corrected chi connectivity index (χ1v) is 5.10. The van der Waals surface area contributed by atoms with E-state index >= 15 is 0 Å². The molecule has 1 heterocycles. The number of nitrogens with two attached hydrogens (primary N) is 1. The van der Waals surface area contributed by atoms with E-state index in [0.29, 0.717) is 0 Å². The molecule has 1 atom stereocenters. The average molecular weight is 160 g/mol. The fourth-order valence-electron chi connectivity index (χ4n) is 1.30. The van der Waals surface area contributed by atoms with Crippen molar-refractivity contribution in [2.24, 2.45) is 11.8 Å². The van der Waals surface area contributed by atoms with Gasteiger partial charge >= 0.3 is 0 Å². The summed E-state index contributed by atoms with van der Waals surface area (Å²) in [5.74, 6) is 8.71. The maximum Gasteiger partial charge on any atom is 0.0134 e. The molecule has 3 heteroatoms. The average Bonchev–Trinajstić information content (AvgIpc) is 2.17. The maximum absolute atomic E-state index is 5.25. The number of hydrazine groups is 1. The summed E-state index contributed by atoms with van der Waals surface area (Å²) in [6.45, 7) is 0.993. The Labute approximate surface area is 66.9 Å². The number of thioether (sulfide) groups is 1. The van der Waals surface area contributed by atoms with Gasteiger partial charge < -0.3 is 0 Å². The monoisotopic (exact) mass is 160 g/mol. The van der Waals surface area contributed by atoms with Crippen LogP contribution in [0.1, 0.15) is 19.3 Å². The molecule has 2 nitrogen and oxygen atoms in total. The van der Waals surface area contributed by atoms with E-state index < -0.39 is 0 Å². The van der Waals surface area contributed by atoms with Gasteiger partial charge in [-0.1, -0.05) is 6.42 Å². The van der Waals surface area contributed by atoms with Gasteiger partial charge in [0.2, 0.25) is 0 Å². The maximum atomic E-state index is 5.25. The minimum atomic E-state index is 0.817. The highest BCUT2D eigenvalue weighted by Gasteiger charge is 2.10. The highest BCUT2D eigenvalue weighted by Crippen LogP contribution is 2.20. The number of nitrogens with one attached hydrogen (secondary N) is 1. The third-order valence-electron chi connectivity index (χ3n) is 1.91. The second kappa shape index (κ2) is 4.99. The second-order valence-electron chi connectivity index (χ2n) is 2.84. The molecule has 1 aliphatic rings. The summed E-state index contributed by atoms with van der Waals surface area (Å²) < 4.78 is 0. The van der Waals surface area contributed by atoms with E-state index in [4.69, 9.17) is 5.84 Å². The molecule has 1 saturated heterocycles. The van der Waals surface area contributed by atoms with Crippen molar-refractivity contribution in [2.45, 2.75) is 19.3 Å². The molecule has 0 aliphatic carbocycles. The number of rotatable bonds is 2. The Morgan fingerprint density at radius 3 is 3.20 bits per heavy atom. The third-order valence-corrected chi connectivity index (χ3v) is 3.20. The Balaban J connectivity index is 2.15. The number of hydrogen-bond donors (Lipinski definition) is 2. The van der Waals surface area contributed by atoms with Crippen LogP contribution in [-0.4, -0.2) is 18.1 Å². The molecule has 0 amide bonds. The summed E-state index contributed by atoms with van der Waals surface area (Å²) in [4.78, 5) is 0. The first-order valence-electron chi connectivity index (χ1n) is 3.94. The highest BCUT2D eigenvalue weighted by molar-refractivity contribution is 7.99. The molecule has 1 rings (SSSR count). The zero-order valence-corrected chi connectivity index (χ0v) is 7.12. The standard InChI is InChI=1S/C7H16N2S/c8-9-5-7-3-1-2-4-10-6-7/h7,9H,1-6,8H2. The van der Waals surface area contributed by atoms with E-state index in [9.17, 15) is 0 Å². The first kappa shape index (κ1) is 8.37. The molecule has 0 spiro atoms. The van der Waals surface area contributed by atoms with Gasteiger partial charge in [-0.2, -0.15) is 11.8 Å². The fourth-order valence-corrected chi connectivity index (χ4v) is 2.49. The fraction of sp³-hybridized carbons (Fsp3) is 1.00. The molecular weight excluding hydrogens is 144 g/mol. The van der Waals surface area contributed by atoms with Crippen LogP contribution < -0.4 is 11.3 Å². The summed E-state index contributed by atoms with van der Waals surface area (Å²) in [7, 11) is 0. The van der Waals surface area contributed by atoms with E-state index in [2.05, 4.69) is 17.2 Å². The zero-order valence-electron chi connectivity index (χ0n) is 6.31. The van der Waals surface area contributed by atoms with Crippen LogP contribution >= 0.6 is 11.8 Å².